The van der Waals surface area contributed by atoms with Crippen molar-refractivity contribution in [1.82, 2.24) is 14.4 Å². The van der Waals surface area contributed by atoms with Crippen molar-refractivity contribution in [2.75, 3.05) is 7.11 Å². The van der Waals surface area contributed by atoms with Crippen LogP contribution < -0.4 is 0 Å². The number of hydrogen-bond donors (Lipinski definition) is 0. The molecule has 6 nitrogen and oxygen atoms in total. The standard InChI is InChI=1S/C17H13N3O3S/c1-22-16(21)12-5-4-8-20-9-11(18-15(12)20)10-24-17-19-13-6-2-3-7-14(13)23-17/h2-9H,10H2,1H3. The van der Waals surface area contributed by atoms with Crippen molar-refractivity contribution in [2.24, 2.45) is 0 Å². The monoisotopic (exact) mass is 339 g/mol. The van der Waals surface area contributed by atoms with Gasteiger partial charge in [-0.3, -0.25) is 0 Å². The normalized spacial score (nSPS) is 11.2. The van der Waals surface area contributed by atoms with Crippen LogP contribution in [-0.2, 0) is 10.5 Å². The first-order valence-corrected chi connectivity index (χ1v) is 8.26. The molecule has 7 heteroatoms. The lowest BCUT2D eigenvalue weighted by Gasteiger charge is -2.00. The first-order chi connectivity index (χ1) is 11.7. The molecule has 0 aliphatic rings. The highest BCUT2D eigenvalue weighted by Crippen LogP contribution is 2.26. The van der Waals surface area contributed by atoms with Crippen LogP contribution in [0.25, 0.3) is 16.7 Å². The van der Waals surface area contributed by atoms with Gasteiger partial charge in [0.1, 0.15) is 11.1 Å². The van der Waals surface area contributed by atoms with Gasteiger partial charge in [-0.05, 0) is 24.3 Å². The number of ether oxygens (including phenoxy) is 1. The minimum atomic E-state index is -0.399. The molecular weight excluding hydrogens is 326 g/mol. The Balaban J connectivity index is 1.59. The molecule has 0 saturated heterocycles. The van der Waals surface area contributed by atoms with Gasteiger partial charge in [0.05, 0.1) is 12.8 Å². The maximum Gasteiger partial charge on any atom is 0.341 e. The first kappa shape index (κ1) is 14.8. The van der Waals surface area contributed by atoms with E-state index in [0.717, 1.165) is 16.8 Å². The van der Waals surface area contributed by atoms with Crippen LogP contribution >= 0.6 is 11.8 Å². The molecule has 0 bridgehead atoms. The summed E-state index contributed by atoms with van der Waals surface area (Å²) in [5, 5.41) is 0.599. The minimum absolute atomic E-state index is 0.399. The lowest BCUT2D eigenvalue weighted by Crippen LogP contribution is -2.03. The molecule has 0 N–H and O–H groups in total. The second-order valence-electron chi connectivity index (χ2n) is 5.11. The molecule has 0 aliphatic heterocycles. The zero-order valence-electron chi connectivity index (χ0n) is 12.8. The van der Waals surface area contributed by atoms with Gasteiger partial charge in [-0.25, -0.2) is 14.8 Å². The number of thioether (sulfide) groups is 1. The van der Waals surface area contributed by atoms with E-state index < -0.39 is 5.97 Å². The number of carbonyl (C=O) groups excluding carboxylic acids is 1. The van der Waals surface area contributed by atoms with Crippen LogP contribution in [0.3, 0.4) is 0 Å². The predicted octanol–water partition coefficient (Wildman–Crippen LogP) is 3.55. The van der Waals surface area contributed by atoms with Crippen LogP contribution in [-0.4, -0.2) is 27.4 Å². The number of aromatic nitrogens is 3. The molecule has 0 aliphatic carbocycles. The van der Waals surface area contributed by atoms with Gasteiger partial charge in [-0.2, -0.15) is 0 Å². The zero-order valence-corrected chi connectivity index (χ0v) is 13.6. The van der Waals surface area contributed by atoms with Crippen molar-refractivity contribution in [2.45, 2.75) is 11.0 Å². The number of nitrogens with zero attached hydrogens (tertiary/aromatic N) is 3. The average molecular weight is 339 g/mol. The van der Waals surface area contributed by atoms with Crippen LogP contribution in [0.4, 0.5) is 0 Å². The Hall–Kier alpha value is -2.80. The number of benzene rings is 1. The smallest absolute Gasteiger partial charge is 0.341 e. The lowest BCUT2D eigenvalue weighted by atomic mass is 10.3. The van der Waals surface area contributed by atoms with Crippen molar-refractivity contribution >= 4 is 34.5 Å². The van der Waals surface area contributed by atoms with Crippen molar-refractivity contribution < 1.29 is 13.9 Å². The lowest BCUT2D eigenvalue weighted by molar-refractivity contribution is 0.0602. The van der Waals surface area contributed by atoms with Crippen LogP contribution in [0.15, 0.2) is 58.4 Å². The van der Waals surface area contributed by atoms with Gasteiger partial charge in [-0.1, -0.05) is 23.9 Å². The topological polar surface area (TPSA) is 69.6 Å². The van der Waals surface area contributed by atoms with E-state index in [2.05, 4.69) is 9.97 Å². The highest BCUT2D eigenvalue weighted by Gasteiger charge is 2.14. The van der Waals surface area contributed by atoms with E-state index in [1.807, 2.05) is 41.1 Å². The molecular formula is C17H13N3O3S. The molecule has 0 atom stereocenters. The number of pyridine rings is 1. The molecule has 4 rings (SSSR count). The summed E-state index contributed by atoms with van der Waals surface area (Å²) in [7, 11) is 1.36. The summed E-state index contributed by atoms with van der Waals surface area (Å²) < 4.78 is 12.3. The molecule has 24 heavy (non-hydrogen) atoms. The van der Waals surface area contributed by atoms with Crippen molar-refractivity contribution in [3.05, 3.63) is 60.0 Å². The fourth-order valence-corrected chi connectivity index (χ4v) is 3.17. The Morgan fingerprint density at radius 2 is 2.12 bits per heavy atom. The summed E-state index contributed by atoms with van der Waals surface area (Å²) in [6, 6.07) is 11.1. The number of para-hydroxylation sites is 2. The molecule has 0 fully saturated rings. The minimum Gasteiger partial charge on any atom is -0.465 e. The molecule has 1 aromatic carbocycles. The fourth-order valence-electron chi connectivity index (χ4n) is 2.45. The third-order valence-corrected chi connectivity index (χ3v) is 4.42. The van der Waals surface area contributed by atoms with E-state index >= 15 is 0 Å². The second kappa shape index (κ2) is 6.01. The Labute approximate surface area is 141 Å². The van der Waals surface area contributed by atoms with Gasteiger partial charge in [0.25, 0.3) is 5.22 Å². The van der Waals surface area contributed by atoms with Gasteiger partial charge in [0.2, 0.25) is 0 Å². The van der Waals surface area contributed by atoms with Crippen LogP contribution in [0.5, 0.6) is 0 Å². The molecule has 4 aromatic rings. The van der Waals surface area contributed by atoms with E-state index in [4.69, 9.17) is 9.15 Å². The number of esters is 1. The Kier molecular flexibility index (Phi) is 3.70. The molecule has 0 amide bonds. The molecule has 0 radical (unpaired) electrons. The summed E-state index contributed by atoms with van der Waals surface area (Å²) >= 11 is 1.46. The highest BCUT2D eigenvalue weighted by molar-refractivity contribution is 7.98. The quantitative estimate of drug-likeness (QED) is 0.418. The third kappa shape index (κ3) is 2.63. The molecule has 0 unspecified atom stereocenters. The van der Waals surface area contributed by atoms with E-state index in [0.29, 0.717) is 22.2 Å². The van der Waals surface area contributed by atoms with Crippen molar-refractivity contribution in [1.29, 1.82) is 0 Å². The summed E-state index contributed by atoms with van der Waals surface area (Å²) in [5.41, 5.74) is 3.46. The van der Waals surface area contributed by atoms with Gasteiger partial charge < -0.3 is 13.6 Å². The molecule has 120 valence electrons. The molecule has 3 aromatic heterocycles. The number of oxazole rings is 1. The van der Waals surface area contributed by atoms with Gasteiger partial charge in [-0.15, -0.1) is 0 Å². The number of rotatable bonds is 4. The summed E-state index contributed by atoms with van der Waals surface area (Å²) in [6.45, 7) is 0. The number of imidazole rings is 1. The van der Waals surface area contributed by atoms with Crippen molar-refractivity contribution in [3.63, 3.8) is 0 Å². The van der Waals surface area contributed by atoms with Crippen LogP contribution in [0, 0.1) is 0 Å². The van der Waals surface area contributed by atoms with Gasteiger partial charge in [0.15, 0.2) is 11.2 Å². The zero-order chi connectivity index (χ0) is 16.5. The summed E-state index contributed by atoms with van der Waals surface area (Å²) in [4.78, 5) is 20.8. The number of carbonyl (C=O) groups is 1. The average Bonchev–Trinajstić information content (AvgIpc) is 3.21. The van der Waals surface area contributed by atoms with Crippen LogP contribution in [0.2, 0.25) is 0 Å². The third-order valence-electron chi connectivity index (χ3n) is 3.56. The van der Waals surface area contributed by atoms with Gasteiger partial charge >= 0.3 is 5.97 Å². The largest absolute Gasteiger partial charge is 0.465 e. The number of methoxy groups -OCH3 is 1. The Bertz CT molecular complexity index is 1000. The van der Waals surface area contributed by atoms with E-state index in [9.17, 15) is 4.79 Å². The number of fused-ring (bicyclic) bond motifs is 2. The van der Waals surface area contributed by atoms with E-state index in [1.54, 1.807) is 12.1 Å². The Morgan fingerprint density at radius 3 is 2.96 bits per heavy atom. The van der Waals surface area contributed by atoms with Crippen molar-refractivity contribution in [3.8, 4) is 0 Å². The summed E-state index contributed by atoms with van der Waals surface area (Å²) in [6.07, 6.45) is 3.74. The molecule has 0 spiro atoms. The Morgan fingerprint density at radius 1 is 1.25 bits per heavy atom. The second-order valence-corrected chi connectivity index (χ2v) is 6.04. The summed E-state index contributed by atoms with van der Waals surface area (Å²) in [5.74, 6) is 0.194. The molecule has 0 saturated carbocycles. The number of hydrogen-bond acceptors (Lipinski definition) is 6. The van der Waals surface area contributed by atoms with Crippen LogP contribution in [0.1, 0.15) is 16.1 Å². The predicted molar refractivity (Wildman–Crippen MR) is 90.1 cm³/mol. The SMILES string of the molecule is COC(=O)c1cccn2cc(CSc3nc4ccccc4o3)nc12. The maximum atomic E-state index is 11.8. The maximum absolute atomic E-state index is 11.8. The highest BCUT2D eigenvalue weighted by atomic mass is 32.2. The molecule has 3 heterocycles. The van der Waals surface area contributed by atoms with E-state index in [1.165, 1.54) is 18.9 Å². The first-order valence-electron chi connectivity index (χ1n) is 7.28. The fraction of sp³-hybridized carbons (Fsp3) is 0.118. The van der Waals surface area contributed by atoms with E-state index in [-0.39, 0.29) is 0 Å². The van der Waals surface area contributed by atoms with Gasteiger partial charge in [0, 0.05) is 18.1 Å².